The maximum atomic E-state index is 2.25. The van der Waals surface area contributed by atoms with Gasteiger partial charge < -0.3 is 9.62 Å². The second-order valence-corrected chi connectivity index (χ2v) is 6.72. The van der Waals surface area contributed by atoms with E-state index in [0.29, 0.717) is 0 Å². The average Bonchev–Trinajstić information content (AvgIpc) is 2.85. The lowest BCUT2D eigenvalue weighted by Crippen LogP contribution is -2.31. The van der Waals surface area contributed by atoms with E-state index >= 15 is 0 Å². The van der Waals surface area contributed by atoms with Crippen LogP contribution < -0.4 is 9.62 Å². The van der Waals surface area contributed by atoms with E-state index in [2.05, 4.69) is 95.4 Å². The summed E-state index contributed by atoms with van der Waals surface area (Å²) in [6.07, 6.45) is 4.28. The predicted molar refractivity (Wildman–Crippen MR) is 101 cm³/mol. The first-order valence-electron chi connectivity index (χ1n) is 8.12. The van der Waals surface area contributed by atoms with Crippen LogP contribution in [0, 0.1) is 41.5 Å². The molecule has 0 spiro atoms. The molecule has 1 heterocycles. The van der Waals surface area contributed by atoms with Gasteiger partial charge in [-0.25, -0.2) is 0 Å². The third kappa shape index (κ3) is 2.88. The minimum atomic E-state index is 1.27. The Morgan fingerprint density at radius 1 is 0.565 bits per heavy atom. The zero-order chi connectivity index (χ0) is 16.7. The first-order chi connectivity index (χ1) is 10.9. The fourth-order valence-electron chi connectivity index (χ4n) is 3.78. The SMILES string of the molecule is Cc1cc(C)c(N2[B]N(c3c(C)cc(C)cc3C)C=C2)c(C)c1. The van der Waals surface area contributed by atoms with Gasteiger partial charge in [0.25, 0.3) is 0 Å². The van der Waals surface area contributed by atoms with E-state index in [-0.39, 0.29) is 0 Å². The van der Waals surface area contributed by atoms with Crippen molar-refractivity contribution in [2.45, 2.75) is 41.5 Å². The van der Waals surface area contributed by atoms with Gasteiger partial charge in [0, 0.05) is 23.8 Å². The lowest BCUT2D eigenvalue weighted by molar-refractivity contribution is 1.25. The Balaban J connectivity index is 1.93. The molecule has 3 heteroatoms. The van der Waals surface area contributed by atoms with Crippen molar-refractivity contribution in [1.82, 2.24) is 0 Å². The van der Waals surface area contributed by atoms with E-state index in [1.165, 1.54) is 44.8 Å². The highest BCUT2D eigenvalue weighted by Crippen LogP contribution is 2.32. The van der Waals surface area contributed by atoms with Gasteiger partial charge in [-0.05, 0) is 63.8 Å². The lowest BCUT2D eigenvalue weighted by Gasteiger charge is -2.25. The molecule has 0 saturated carbocycles. The maximum Gasteiger partial charge on any atom is 0.400 e. The molecule has 0 amide bonds. The van der Waals surface area contributed by atoms with Gasteiger partial charge in [-0.15, -0.1) is 0 Å². The quantitative estimate of drug-likeness (QED) is 0.730. The molecule has 0 bridgehead atoms. The predicted octanol–water partition coefficient (Wildman–Crippen LogP) is 4.87. The number of benzene rings is 2. The highest BCUT2D eigenvalue weighted by molar-refractivity contribution is 6.50. The van der Waals surface area contributed by atoms with Crippen LogP contribution >= 0.6 is 0 Å². The van der Waals surface area contributed by atoms with Crippen molar-refractivity contribution in [2.24, 2.45) is 0 Å². The lowest BCUT2D eigenvalue weighted by atomic mass is 9.96. The molecule has 0 aromatic heterocycles. The standard InChI is InChI=1S/C20H24BN2/c1-13-9-15(3)19(16(4)10-13)22-7-8-23(21-22)20-17(5)11-14(2)12-18(20)6/h7-12H,1-6H3. The largest absolute Gasteiger partial charge is 0.400 e. The molecule has 0 saturated heterocycles. The van der Waals surface area contributed by atoms with Crippen molar-refractivity contribution < 1.29 is 0 Å². The van der Waals surface area contributed by atoms with E-state index in [9.17, 15) is 0 Å². The number of hydrogen-bond acceptors (Lipinski definition) is 2. The van der Waals surface area contributed by atoms with Crippen LogP contribution in [-0.4, -0.2) is 7.55 Å². The molecule has 2 nitrogen and oxygen atoms in total. The van der Waals surface area contributed by atoms with Gasteiger partial charge >= 0.3 is 7.55 Å². The van der Waals surface area contributed by atoms with Gasteiger partial charge in [-0.3, -0.25) is 0 Å². The molecular weight excluding hydrogens is 279 g/mol. The molecule has 23 heavy (non-hydrogen) atoms. The number of aryl methyl sites for hydroxylation is 6. The molecule has 0 fully saturated rings. The third-order valence-electron chi connectivity index (χ3n) is 4.42. The minimum absolute atomic E-state index is 1.27. The Morgan fingerprint density at radius 3 is 1.17 bits per heavy atom. The van der Waals surface area contributed by atoms with Gasteiger partial charge in [-0.1, -0.05) is 35.4 Å². The summed E-state index contributed by atoms with van der Waals surface area (Å²) in [5.41, 5.74) is 10.4. The first-order valence-corrected chi connectivity index (χ1v) is 8.12. The molecular formula is C20H24BN2. The zero-order valence-corrected chi connectivity index (χ0v) is 14.9. The fourth-order valence-corrected chi connectivity index (χ4v) is 3.78. The summed E-state index contributed by atoms with van der Waals surface area (Å²) in [5.74, 6) is 0. The van der Waals surface area contributed by atoms with Crippen LogP contribution in [0.1, 0.15) is 33.4 Å². The van der Waals surface area contributed by atoms with Crippen molar-refractivity contribution in [1.29, 1.82) is 0 Å². The Hall–Kier alpha value is -2.16. The Labute approximate surface area is 140 Å². The van der Waals surface area contributed by atoms with E-state index in [1.807, 2.05) is 0 Å². The maximum absolute atomic E-state index is 2.25. The van der Waals surface area contributed by atoms with Crippen LogP contribution in [0.25, 0.3) is 0 Å². The molecule has 1 aliphatic heterocycles. The molecule has 0 unspecified atom stereocenters. The van der Waals surface area contributed by atoms with Crippen LogP contribution in [0.15, 0.2) is 36.7 Å². The van der Waals surface area contributed by atoms with E-state index < -0.39 is 0 Å². The molecule has 117 valence electrons. The van der Waals surface area contributed by atoms with E-state index in [4.69, 9.17) is 0 Å². The minimum Gasteiger partial charge on any atom is -0.373 e. The summed E-state index contributed by atoms with van der Waals surface area (Å²) in [7, 11) is 2.18. The molecule has 3 rings (SSSR count). The van der Waals surface area contributed by atoms with Crippen LogP contribution in [0.4, 0.5) is 11.4 Å². The number of nitrogens with zero attached hydrogens (tertiary/aromatic N) is 2. The molecule has 1 radical (unpaired) electrons. The average molecular weight is 303 g/mol. The Kier molecular flexibility index (Phi) is 3.97. The van der Waals surface area contributed by atoms with Gasteiger partial charge in [0.15, 0.2) is 0 Å². The zero-order valence-electron chi connectivity index (χ0n) is 14.9. The molecule has 2 aromatic carbocycles. The van der Waals surface area contributed by atoms with Crippen LogP contribution in [0.5, 0.6) is 0 Å². The van der Waals surface area contributed by atoms with Crippen molar-refractivity contribution in [2.75, 3.05) is 9.62 Å². The summed E-state index contributed by atoms with van der Waals surface area (Å²) in [6.45, 7) is 13.0. The number of rotatable bonds is 2. The second kappa shape index (κ2) is 5.80. The molecule has 0 atom stereocenters. The van der Waals surface area contributed by atoms with Gasteiger partial charge in [0.1, 0.15) is 0 Å². The monoisotopic (exact) mass is 303 g/mol. The van der Waals surface area contributed by atoms with Crippen LogP contribution in [0.3, 0.4) is 0 Å². The highest BCUT2D eigenvalue weighted by Gasteiger charge is 2.23. The smallest absolute Gasteiger partial charge is 0.373 e. The summed E-state index contributed by atoms with van der Waals surface area (Å²) >= 11 is 0. The Bertz CT molecular complexity index is 681. The van der Waals surface area contributed by atoms with Gasteiger partial charge in [0.05, 0.1) is 0 Å². The molecule has 1 aliphatic rings. The van der Waals surface area contributed by atoms with Gasteiger partial charge in [-0.2, -0.15) is 0 Å². The van der Waals surface area contributed by atoms with Crippen molar-refractivity contribution in [3.05, 3.63) is 70.0 Å². The summed E-state index contributed by atoms with van der Waals surface area (Å²) in [4.78, 5) is 4.45. The third-order valence-corrected chi connectivity index (χ3v) is 4.42. The van der Waals surface area contributed by atoms with Crippen LogP contribution in [0.2, 0.25) is 0 Å². The van der Waals surface area contributed by atoms with Crippen molar-refractivity contribution in [3.8, 4) is 0 Å². The Morgan fingerprint density at radius 2 is 0.870 bits per heavy atom. The van der Waals surface area contributed by atoms with Gasteiger partial charge in [0.2, 0.25) is 0 Å². The molecule has 0 aliphatic carbocycles. The summed E-state index contributed by atoms with van der Waals surface area (Å²) < 4.78 is 0. The normalized spacial score (nSPS) is 13.7. The molecule has 2 aromatic rings. The fraction of sp³-hybridized carbons (Fsp3) is 0.300. The topological polar surface area (TPSA) is 6.48 Å². The molecule has 0 N–H and O–H groups in total. The van der Waals surface area contributed by atoms with Crippen molar-refractivity contribution >= 4 is 18.9 Å². The van der Waals surface area contributed by atoms with Crippen LogP contribution in [-0.2, 0) is 0 Å². The first kappa shape index (κ1) is 15.7. The number of hydrogen-bond donors (Lipinski definition) is 0. The summed E-state index contributed by atoms with van der Waals surface area (Å²) in [5, 5.41) is 0. The summed E-state index contributed by atoms with van der Waals surface area (Å²) in [6, 6.07) is 8.98. The van der Waals surface area contributed by atoms with Crippen molar-refractivity contribution in [3.63, 3.8) is 0 Å². The van der Waals surface area contributed by atoms with E-state index in [1.54, 1.807) is 0 Å². The second-order valence-electron chi connectivity index (χ2n) is 6.72. The van der Waals surface area contributed by atoms with E-state index in [0.717, 1.165) is 0 Å². The highest BCUT2D eigenvalue weighted by atomic mass is 15.2. The number of anilines is 2.